The second kappa shape index (κ2) is 8.01. The zero-order valence-corrected chi connectivity index (χ0v) is 11.2. The van der Waals surface area contributed by atoms with Crippen molar-refractivity contribution in [1.82, 2.24) is 0 Å². The monoisotopic (exact) mass is 278 g/mol. The largest absolute Gasteiger partial charge is 0.147 e. The fourth-order valence-electron chi connectivity index (χ4n) is 1.14. The van der Waals surface area contributed by atoms with Gasteiger partial charge in [0.15, 0.2) is 0 Å². The van der Waals surface area contributed by atoms with Gasteiger partial charge in [-0.2, -0.15) is 0 Å². The number of rotatable bonds is 3. The normalized spacial score (nSPS) is 12.1. The molecule has 1 aliphatic rings. The third-order valence-corrected chi connectivity index (χ3v) is 3.33. The van der Waals surface area contributed by atoms with Crippen LogP contribution in [0.1, 0.15) is 6.42 Å². The van der Waals surface area contributed by atoms with E-state index in [1.54, 1.807) is 0 Å². The molecule has 80 valence electrons. The van der Waals surface area contributed by atoms with Crippen LogP contribution in [0.3, 0.4) is 0 Å². The summed E-state index contributed by atoms with van der Waals surface area (Å²) in [7, 11) is 0. The van der Waals surface area contributed by atoms with Crippen LogP contribution in [0.2, 0.25) is 0 Å². The van der Waals surface area contributed by atoms with Crippen molar-refractivity contribution >= 4 is 24.8 Å². The Bertz CT molecular complexity index is 336. The molecule has 0 aromatic heterocycles. The summed E-state index contributed by atoms with van der Waals surface area (Å²) in [6.07, 6.45) is 7.54. The molecule has 1 nitrogen and oxygen atoms in total. The minimum atomic E-state index is -0.390. The van der Waals surface area contributed by atoms with E-state index in [0.29, 0.717) is 0 Å². The second-order valence-corrected chi connectivity index (χ2v) is 4.48. The first kappa shape index (κ1) is 14.8. The first-order chi connectivity index (χ1) is 6.45. The molecule has 0 aliphatic heterocycles. The van der Waals surface area contributed by atoms with Gasteiger partial charge in [-0.05, 0) is 0 Å². The molecule has 0 amide bonds. The van der Waals surface area contributed by atoms with Crippen molar-refractivity contribution in [2.75, 3.05) is 0 Å². The molecule has 0 N–H and O–H groups in total. The van der Waals surface area contributed by atoms with Gasteiger partial charge in [-0.3, -0.25) is 0 Å². The molecular formula is C11H12Cl2OTi. The summed E-state index contributed by atoms with van der Waals surface area (Å²) in [5.74, 6) is 0.996. The zero-order chi connectivity index (χ0) is 8.93. The van der Waals surface area contributed by atoms with Crippen molar-refractivity contribution in [2.24, 2.45) is 0 Å². The number of allylic oxidation sites excluding steroid dienone is 4. The fraction of sp³-hybridized carbons (Fsp3) is 0.0909. The van der Waals surface area contributed by atoms with Crippen LogP contribution in [0.25, 0.3) is 0 Å². The van der Waals surface area contributed by atoms with Crippen LogP contribution in [0.15, 0.2) is 52.4 Å². The maximum Gasteiger partial charge on any atom is -0.147 e. The van der Waals surface area contributed by atoms with Gasteiger partial charge >= 0.3 is 87.5 Å². The summed E-state index contributed by atoms with van der Waals surface area (Å²) in [6, 6.07) is 10.0. The third kappa shape index (κ3) is 4.90. The minimum Gasteiger partial charge on any atom is -0.147 e. The average molecular weight is 279 g/mol. The van der Waals surface area contributed by atoms with Gasteiger partial charge < -0.3 is 0 Å². The van der Waals surface area contributed by atoms with E-state index < -0.39 is 19.5 Å². The van der Waals surface area contributed by atoms with Crippen molar-refractivity contribution in [2.45, 2.75) is 6.42 Å². The molecule has 0 spiro atoms. The Hall–Kier alpha value is -0.206. The van der Waals surface area contributed by atoms with Crippen LogP contribution in [-0.2, 0) is 19.5 Å². The topological polar surface area (TPSA) is 9.23 Å². The van der Waals surface area contributed by atoms with Crippen LogP contribution < -0.4 is 3.32 Å². The van der Waals surface area contributed by atoms with Gasteiger partial charge in [0.05, 0.1) is 0 Å². The maximum atomic E-state index is 5.71. The summed E-state index contributed by atoms with van der Waals surface area (Å²) < 4.78 is 7.17. The number of halogens is 2. The summed E-state index contributed by atoms with van der Waals surface area (Å²) in [5.41, 5.74) is 0. The number of hydrogen-bond acceptors (Lipinski definition) is 1. The molecule has 15 heavy (non-hydrogen) atoms. The molecule has 2 rings (SSSR count). The predicted octanol–water partition coefficient (Wildman–Crippen LogP) is 3.75. The number of para-hydroxylation sites is 1. The van der Waals surface area contributed by atoms with E-state index in [0.717, 1.165) is 12.2 Å². The molecule has 0 radical (unpaired) electrons. The summed E-state index contributed by atoms with van der Waals surface area (Å²) in [4.78, 5) is 0. The predicted molar refractivity (Wildman–Crippen MR) is 63.4 cm³/mol. The SMILES string of the molecule is C1=CC[C]([Ti][O]c2ccccc2)=C1.Cl.Cl. The van der Waals surface area contributed by atoms with Crippen molar-refractivity contribution in [3.05, 3.63) is 52.4 Å². The molecular weight excluding hydrogens is 267 g/mol. The van der Waals surface area contributed by atoms with E-state index in [4.69, 9.17) is 3.32 Å². The van der Waals surface area contributed by atoms with Gasteiger partial charge in [0.25, 0.3) is 0 Å². The van der Waals surface area contributed by atoms with Crippen molar-refractivity contribution in [3.8, 4) is 5.75 Å². The molecule has 0 saturated carbocycles. The Morgan fingerprint density at radius 1 is 1.07 bits per heavy atom. The van der Waals surface area contributed by atoms with Crippen LogP contribution in [-0.4, -0.2) is 0 Å². The minimum absolute atomic E-state index is 0. The molecule has 0 fully saturated rings. The molecule has 1 aromatic rings. The quantitative estimate of drug-likeness (QED) is 0.765. The van der Waals surface area contributed by atoms with E-state index in [2.05, 4.69) is 18.2 Å². The van der Waals surface area contributed by atoms with E-state index in [-0.39, 0.29) is 24.8 Å². The molecule has 0 bridgehead atoms. The van der Waals surface area contributed by atoms with Crippen molar-refractivity contribution in [3.63, 3.8) is 0 Å². The number of hydrogen-bond donors (Lipinski definition) is 0. The number of benzene rings is 1. The maximum absolute atomic E-state index is 5.71. The Labute approximate surface area is 112 Å². The Balaban J connectivity index is 0.000000980. The van der Waals surface area contributed by atoms with E-state index >= 15 is 0 Å². The first-order valence-electron chi connectivity index (χ1n) is 4.29. The summed E-state index contributed by atoms with van der Waals surface area (Å²) in [6.45, 7) is 0. The van der Waals surface area contributed by atoms with Gasteiger partial charge in [-0.1, -0.05) is 0 Å². The van der Waals surface area contributed by atoms with Crippen molar-refractivity contribution < 1.29 is 22.9 Å². The average Bonchev–Trinajstić information content (AvgIpc) is 2.69. The molecule has 1 aromatic carbocycles. The molecule has 0 atom stereocenters. The standard InChI is InChI=1S/C6H6O.C5H5.2ClH.Ti/c7-6-4-2-1-3-5-6;1-2-4-5-3-1;;;/h1-5,7H;1-3H,4H2;2*1H;/q;;;;+1/p-1. The van der Waals surface area contributed by atoms with Gasteiger partial charge in [0.2, 0.25) is 0 Å². The van der Waals surface area contributed by atoms with Gasteiger partial charge in [-0.25, -0.2) is 0 Å². The van der Waals surface area contributed by atoms with Crippen molar-refractivity contribution in [1.29, 1.82) is 0 Å². The fourth-order valence-corrected chi connectivity index (χ4v) is 2.31. The van der Waals surface area contributed by atoms with E-state index in [9.17, 15) is 0 Å². The molecule has 0 unspecified atom stereocenters. The van der Waals surface area contributed by atoms with Crippen LogP contribution in [0.5, 0.6) is 5.75 Å². The van der Waals surface area contributed by atoms with Gasteiger partial charge in [0.1, 0.15) is 0 Å². The van der Waals surface area contributed by atoms with Gasteiger partial charge in [0, 0.05) is 0 Å². The Morgan fingerprint density at radius 3 is 2.40 bits per heavy atom. The van der Waals surface area contributed by atoms with Crippen LogP contribution in [0, 0.1) is 0 Å². The molecule has 0 heterocycles. The first-order valence-corrected chi connectivity index (χ1v) is 5.70. The van der Waals surface area contributed by atoms with E-state index in [1.165, 1.54) is 3.88 Å². The summed E-state index contributed by atoms with van der Waals surface area (Å²) >= 11 is -0.390. The summed E-state index contributed by atoms with van der Waals surface area (Å²) in [5, 5.41) is 0. The van der Waals surface area contributed by atoms with Gasteiger partial charge in [-0.15, -0.1) is 24.8 Å². The molecule has 4 heteroatoms. The second-order valence-electron chi connectivity index (χ2n) is 2.84. The Kier molecular flexibility index (Phi) is 7.90. The molecule has 0 saturated heterocycles. The van der Waals surface area contributed by atoms with Crippen LogP contribution in [0.4, 0.5) is 0 Å². The zero-order valence-electron chi connectivity index (χ0n) is 8.05. The third-order valence-electron chi connectivity index (χ3n) is 1.81. The molecule has 1 aliphatic carbocycles. The Morgan fingerprint density at radius 2 is 1.80 bits per heavy atom. The van der Waals surface area contributed by atoms with E-state index in [1.807, 2.05) is 30.3 Å². The van der Waals surface area contributed by atoms with Crippen LogP contribution >= 0.6 is 24.8 Å². The smallest absolute Gasteiger partial charge is 0.147 e.